The predicted octanol–water partition coefficient (Wildman–Crippen LogP) is 1.83. The highest BCUT2D eigenvalue weighted by Crippen LogP contribution is 2.25. The standard InChI is InChI=1S/C14H21NO3S/c1-12(11-19(16,17)18)9-14-10-15(14)8-7-13-5-3-2-4-6-13/h2-6,12,14H,7-11H2,1H3,(H,16,17,18). The van der Waals surface area contributed by atoms with Crippen molar-refractivity contribution in [2.75, 3.05) is 18.8 Å². The lowest BCUT2D eigenvalue weighted by Gasteiger charge is -2.09. The fraction of sp³-hybridized carbons (Fsp3) is 0.571. The van der Waals surface area contributed by atoms with Gasteiger partial charge in [-0.1, -0.05) is 37.3 Å². The molecular formula is C14H21NO3S. The SMILES string of the molecule is CC(CC1CN1CCc1ccccc1)CS(=O)(=O)O. The second-order valence-corrected chi connectivity index (χ2v) is 6.97. The molecule has 4 nitrogen and oxygen atoms in total. The van der Waals surface area contributed by atoms with Crippen LogP contribution in [0.4, 0.5) is 0 Å². The third-order valence-corrected chi connectivity index (χ3v) is 4.52. The summed E-state index contributed by atoms with van der Waals surface area (Å²) in [5.41, 5.74) is 1.33. The van der Waals surface area contributed by atoms with E-state index in [1.54, 1.807) is 0 Å². The van der Waals surface area contributed by atoms with Gasteiger partial charge >= 0.3 is 0 Å². The summed E-state index contributed by atoms with van der Waals surface area (Å²) >= 11 is 0. The van der Waals surface area contributed by atoms with Gasteiger partial charge in [0.25, 0.3) is 10.1 Å². The minimum atomic E-state index is -3.83. The van der Waals surface area contributed by atoms with Crippen molar-refractivity contribution in [3.63, 3.8) is 0 Å². The van der Waals surface area contributed by atoms with Gasteiger partial charge in [0.1, 0.15) is 0 Å². The lowest BCUT2D eigenvalue weighted by Crippen LogP contribution is -2.16. The lowest BCUT2D eigenvalue weighted by molar-refractivity contribution is 0.436. The predicted molar refractivity (Wildman–Crippen MR) is 75.7 cm³/mol. The fourth-order valence-electron chi connectivity index (χ4n) is 2.53. The monoisotopic (exact) mass is 283 g/mol. The molecule has 0 saturated carbocycles. The molecule has 2 rings (SSSR count). The maximum Gasteiger partial charge on any atom is 0.265 e. The maximum absolute atomic E-state index is 10.8. The molecule has 3 atom stereocenters. The Hall–Kier alpha value is -0.910. The molecule has 106 valence electrons. The topological polar surface area (TPSA) is 57.4 Å². The summed E-state index contributed by atoms with van der Waals surface area (Å²) in [6.07, 6.45) is 1.87. The van der Waals surface area contributed by atoms with E-state index in [2.05, 4.69) is 17.0 Å². The smallest absolute Gasteiger partial charge is 0.265 e. The highest BCUT2D eigenvalue weighted by molar-refractivity contribution is 7.85. The molecule has 1 aliphatic heterocycles. The van der Waals surface area contributed by atoms with E-state index in [1.807, 2.05) is 25.1 Å². The van der Waals surface area contributed by atoms with E-state index in [0.717, 1.165) is 25.9 Å². The molecule has 1 aliphatic rings. The summed E-state index contributed by atoms with van der Waals surface area (Å²) in [4.78, 5) is 2.35. The van der Waals surface area contributed by atoms with Crippen molar-refractivity contribution in [2.24, 2.45) is 5.92 Å². The average molecular weight is 283 g/mol. The minimum absolute atomic E-state index is 0.0155. The van der Waals surface area contributed by atoms with Crippen LogP contribution in [0.15, 0.2) is 30.3 Å². The Kier molecular flexibility index (Phi) is 4.60. The van der Waals surface area contributed by atoms with Crippen LogP contribution in [0.25, 0.3) is 0 Å². The van der Waals surface area contributed by atoms with Crippen molar-refractivity contribution in [1.29, 1.82) is 0 Å². The van der Waals surface area contributed by atoms with E-state index in [9.17, 15) is 8.42 Å². The summed E-state index contributed by atoms with van der Waals surface area (Å²) in [7, 11) is -3.83. The van der Waals surface area contributed by atoms with Crippen LogP contribution in [0.5, 0.6) is 0 Å². The summed E-state index contributed by atoms with van der Waals surface area (Å²) in [6, 6.07) is 10.8. The Bertz CT molecular complexity index is 501. The van der Waals surface area contributed by atoms with E-state index in [0.29, 0.717) is 6.04 Å². The molecule has 1 aromatic carbocycles. The lowest BCUT2D eigenvalue weighted by atomic mass is 10.1. The van der Waals surface area contributed by atoms with Crippen LogP contribution < -0.4 is 0 Å². The largest absolute Gasteiger partial charge is 0.297 e. The molecule has 1 heterocycles. The second kappa shape index (κ2) is 6.03. The minimum Gasteiger partial charge on any atom is -0.297 e. The number of hydrogen-bond acceptors (Lipinski definition) is 3. The third-order valence-electron chi connectivity index (χ3n) is 3.53. The molecule has 0 aromatic heterocycles. The van der Waals surface area contributed by atoms with Crippen molar-refractivity contribution in [1.82, 2.24) is 4.90 Å². The van der Waals surface area contributed by atoms with Gasteiger partial charge in [0.2, 0.25) is 0 Å². The van der Waals surface area contributed by atoms with Crippen molar-refractivity contribution < 1.29 is 13.0 Å². The van der Waals surface area contributed by atoms with Crippen LogP contribution in [0.3, 0.4) is 0 Å². The molecular weight excluding hydrogens is 262 g/mol. The van der Waals surface area contributed by atoms with Crippen LogP contribution in [0, 0.1) is 5.92 Å². The van der Waals surface area contributed by atoms with Crippen LogP contribution in [-0.2, 0) is 16.5 Å². The Morgan fingerprint density at radius 2 is 2.05 bits per heavy atom. The number of hydrogen-bond donors (Lipinski definition) is 1. The first-order valence-corrected chi connectivity index (χ1v) is 8.28. The van der Waals surface area contributed by atoms with E-state index < -0.39 is 10.1 Å². The quantitative estimate of drug-likeness (QED) is 0.612. The number of benzene rings is 1. The molecule has 1 aromatic rings. The van der Waals surface area contributed by atoms with Gasteiger partial charge < -0.3 is 0 Å². The summed E-state index contributed by atoms with van der Waals surface area (Å²) in [5, 5.41) is 0. The zero-order valence-electron chi connectivity index (χ0n) is 11.2. The van der Waals surface area contributed by atoms with Gasteiger partial charge in [-0.15, -0.1) is 0 Å². The van der Waals surface area contributed by atoms with Crippen molar-refractivity contribution in [2.45, 2.75) is 25.8 Å². The number of nitrogens with zero attached hydrogens (tertiary/aromatic N) is 1. The summed E-state index contributed by atoms with van der Waals surface area (Å²) in [5.74, 6) is -0.113. The first kappa shape index (κ1) is 14.5. The molecule has 0 aliphatic carbocycles. The summed E-state index contributed by atoms with van der Waals surface area (Å²) in [6.45, 7) is 3.94. The fourth-order valence-corrected chi connectivity index (χ4v) is 3.39. The number of rotatable bonds is 7. The molecule has 1 N–H and O–H groups in total. The highest BCUT2D eigenvalue weighted by atomic mass is 32.2. The molecule has 19 heavy (non-hydrogen) atoms. The Morgan fingerprint density at radius 3 is 2.68 bits per heavy atom. The van der Waals surface area contributed by atoms with E-state index in [4.69, 9.17) is 4.55 Å². The van der Waals surface area contributed by atoms with Gasteiger partial charge in [-0.05, 0) is 24.3 Å². The second-order valence-electron chi connectivity index (χ2n) is 5.47. The van der Waals surface area contributed by atoms with Crippen molar-refractivity contribution >= 4 is 10.1 Å². The highest BCUT2D eigenvalue weighted by Gasteiger charge is 2.34. The van der Waals surface area contributed by atoms with Gasteiger partial charge in [-0.2, -0.15) is 8.42 Å². The van der Waals surface area contributed by atoms with Gasteiger partial charge in [-0.3, -0.25) is 9.45 Å². The Morgan fingerprint density at radius 1 is 1.37 bits per heavy atom. The van der Waals surface area contributed by atoms with Crippen molar-refractivity contribution in [3.05, 3.63) is 35.9 Å². The van der Waals surface area contributed by atoms with Crippen LogP contribution in [0.2, 0.25) is 0 Å². The van der Waals surface area contributed by atoms with Crippen molar-refractivity contribution in [3.8, 4) is 0 Å². The Balaban J connectivity index is 1.68. The molecule has 5 heteroatoms. The van der Waals surface area contributed by atoms with Gasteiger partial charge in [0.15, 0.2) is 0 Å². The first-order valence-electron chi connectivity index (χ1n) is 6.67. The summed E-state index contributed by atoms with van der Waals surface area (Å²) < 4.78 is 30.4. The van der Waals surface area contributed by atoms with E-state index in [1.165, 1.54) is 5.56 Å². The first-order chi connectivity index (χ1) is 8.94. The van der Waals surface area contributed by atoms with Crippen LogP contribution >= 0.6 is 0 Å². The zero-order valence-corrected chi connectivity index (χ0v) is 12.0. The van der Waals surface area contributed by atoms with Gasteiger partial charge in [0.05, 0.1) is 5.75 Å². The molecule has 1 fully saturated rings. The van der Waals surface area contributed by atoms with Gasteiger partial charge in [-0.25, -0.2) is 0 Å². The molecule has 1 saturated heterocycles. The Labute approximate surface area is 115 Å². The zero-order chi connectivity index (χ0) is 13.9. The average Bonchev–Trinajstić information content (AvgIpc) is 3.03. The third kappa shape index (κ3) is 5.30. The maximum atomic E-state index is 10.8. The van der Waals surface area contributed by atoms with Crippen LogP contribution in [-0.4, -0.2) is 42.8 Å². The normalized spacial score (nSPS) is 24.1. The molecule has 0 bridgehead atoms. The van der Waals surface area contributed by atoms with Crippen LogP contribution in [0.1, 0.15) is 18.9 Å². The molecule has 0 amide bonds. The molecule has 3 unspecified atom stereocenters. The van der Waals surface area contributed by atoms with E-state index >= 15 is 0 Å². The van der Waals surface area contributed by atoms with E-state index in [-0.39, 0.29) is 11.7 Å². The van der Waals surface area contributed by atoms with Gasteiger partial charge in [0, 0.05) is 19.1 Å². The molecule has 0 spiro atoms. The molecule has 0 radical (unpaired) electrons.